The van der Waals surface area contributed by atoms with Gasteiger partial charge < -0.3 is 4.90 Å². The van der Waals surface area contributed by atoms with Crippen LogP contribution < -0.4 is 0 Å². The van der Waals surface area contributed by atoms with Crippen LogP contribution in [0.25, 0.3) is 0 Å². The van der Waals surface area contributed by atoms with E-state index in [1.807, 2.05) is 30.1 Å². The first-order valence-electron chi connectivity index (χ1n) is 10.8. The number of fused-ring (bicyclic) bond motifs is 1. The Kier molecular flexibility index (Phi) is 5.36. The summed E-state index contributed by atoms with van der Waals surface area (Å²) in [5.74, 6) is 0.267. The molecule has 1 saturated carbocycles. The molecule has 1 heterocycles. The van der Waals surface area contributed by atoms with Gasteiger partial charge in [-0.05, 0) is 56.8 Å². The van der Waals surface area contributed by atoms with Crippen LogP contribution in [0.15, 0.2) is 18.2 Å². The van der Waals surface area contributed by atoms with Gasteiger partial charge in [0.1, 0.15) is 0 Å². The molecule has 1 aliphatic heterocycles. The van der Waals surface area contributed by atoms with Gasteiger partial charge in [-0.25, -0.2) is 0 Å². The van der Waals surface area contributed by atoms with E-state index in [-0.39, 0.29) is 17.2 Å². The van der Waals surface area contributed by atoms with Crippen molar-refractivity contribution in [3.05, 3.63) is 34.9 Å². The molecule has 1 aromatic rings. The molecule has 4 nitrogen and oxygen atoms in total. The Bertz CT molecular complexity index is 715. The van der Waals surface area contributed by atoms with Crippen LogP contribution in [0.2, 0.25) is 0 Å². The molecular weight excluding hydrogens is 336 g/mol. The molecule has 0 atom stereocenters. The second kappa shape index (κ2) is 7.75. The first-order valence-corrected chi connectivity index (χ1v) is 10.8. The quantitative estimate of drug-likeness (QED) is 0.804. The highest BCUT2D eigenvalue weighted by Crippen LogP contribution is 2.36. The summed E-state index contributed by atoms with van der Waals surface area (Å²) in [4.78, 5) is 30.0. The number of ketones is 1. The van der Waals surface area contributed by atoms with Crippen LogP contribution >= 0.6 is 0 Å². The minimum atomic E-state index is 0.0866. The molecule has 4 heteroatoms. The summed E-state index contributed by atoms with van der Waals surface area (Å²) < 4.78 is 0. The summed E-state index contributed by atoms with van der Waals surface area (Å²) in [6.07, 6.45) is 11.4. The number of piperidine rings is 1. The molecule has 1 amide bonds. The summed E-state index contributed by atoms with van der Waals surface area (Å²) in [5, 5.41) is 0. The summed E-state index contributed by atoms with van der Waals surface area (Å²) in [6.45, 7) is 3.16. The summed E-state index contributed by atoms with van der Waals surface area (Å²) >= 11 is 0. The number of amides is 1. The predicted molar refractivity (Wildman–Crippen MR) is 107 cm³/mol. The number of likely N-dealkylation sites (N-methyl/N-ethyl adjacent to an activating group) is 1. The van der Waals surface area contributed by atoms with E-state index in [1.165, 1.54) is 64.5 Å². The third kappa shape index (κ3) is 3.56. The van der Waals surface area contributed by atoms with Gasteiger partial charge in [0.25, 0.3) is 5.91 Å². The maximum atomic E-state index is 13.3. The van der Waals surface area contributed by atoms with Gasteiger partial charge in [0, 0.05) is 36.7 Å². The van der Waals surface area contributed by atoms with Gasteiger partial charge in [-0.2, -0.15) is 0 Å². The summed E-state index contributed by atoms with van der Waals surface area (Å²) in [5.41, 5.74) is 2.62. The lowest BCUT2D eigenvalue weighted by Crippen LogP contribution is -2.58. The molecule has 4 rings (SSSR count). The smallest absolute Gasteiger partial charge is 0.253 e. The second-order valence-corrected chi connectivity index (χ2v) is 8.75. The van der Waals surface area contributed by atoms with Crippen molar-refractivity contribution in [3.8, 4) is 0 Å². The Morgan fingerprint density at radius 1 is 1.04 bits per heavy atom. The standard InChI is InChI=1S/C23H32N2O2/c1-24(22(27)20-10-8-9-19-18(20)11-12-21(19)26)17-23(13-4-2-5-14-23)25-15-6-3-7-16-25/h8-10H,2-7,11-17H2,1H3. The second-order valence-electron chi connectivity index (χ2n) is 8.75. The number of nitrogens with zero attached hydrogens (tertiary/aromatic N) is 2. The zero-order chi connectivity index (χ0) is 18.9. The highest BCUT2D eigenvalue weighted by molar-refractivity contribution is 6.05. The molecule has 0 bridgehead atoms. The monoisotopic (exact) mass is 368 g/mol. The Balaban J connectivity index is 1.55. The molecular formula is C23H32N2O2. The van der Waals surface area contributed by atoms with Gasteiger partial charge in [0.05, 0.1) is 0 Å². The van der Waals surface area contributed by atoms with Crippen LogP contribution in [-0.2, 0) is 6.42 Å². The van der Waals surface area contributed by atoms with Gasteiger partial charge in [0.2, 0.25) is 0 Å². The maximum absolute atomic E-state index is 13.3. The lowest BCUT2D eigenvalue weighted by atomic mass is 9.78. The van der Waals surface area contributed by atoms with Crippen molar-refractivity contribution >= 4 is 11.7 Å². The van der Waals surface area contributed by atoms with Crippen LogP contribution in [0.1, 0.15) is 84.1 Å². The van der Waals surface area contributed by atoms with Gasteiger partial charge in [-0.3, -0.25) is 14.5 Å². The SMILES string of the molecule is CN(CC1(N2CCCCC2)CCCCC1)C(=O)c1cccc2c1CCC2=O. The highest BCUT2D eigenvalue weighted by atomic mass is 16.2. The number of carbonyl (C=O) groups is 2. The van der Waals surface area contributed by atoms with Gasteiger partial charge >= 0.3 is 0 Å². The summed E-state index contributed by atoms with van der Waals surface area (Å²) in [6, 6.07) is 5.65. The fraction of sp³-hybridized carbons (Fsp3) is 0.652. The van der Waals surface area contributed by atoms with Crippen LogP contribution in [0.5, 0.6) is 0 Å². The van der Waals surface area contributed by atoms with Gasteiger partial charge in [0.15, 0.2) is 5.78 Å². The van der Waals surface area contributed by atoms with Crippen molar-refractivity contribution in [3.63, 3.8) is 0 Å². The molecule has 1 saturated heterocycles. The number of rotatable bonds is 4. The zero-order valence-electron chi connectivity index (χ0n) is 16.6. The van der Waals surface area contributed by atoms with E-state index in [0.29, 0.717) is 12.8 Å². The Labute approximate surface area is 162 Å². The highest BCUT2D eigenvalue weighted by Gasteiger charge is 2.40. The number of hydrogen-bond acceptors (Lipinski definition) is 3. The third-order valence-electron chi connectivity index (χ3n) is 7.00. The van der Waals surface area contributed by atoms with E-state index < -0.39 is 0 Å². The molecule has 146 valence electrons. The van der Waals surface area contributed by atoms with E-state index in [9.17, 15) is 9.59 Å². The molecule has 27 heavy (non-hydrogen) atoms. The van der Waals surface area contributed by atoms with Crippen molar-refractivity contribution < 1.29 is 9.59 Å². The Morgan fingerprint density at radius 2 is 1.74 bits per heavy atom. The minimum Gasteiger partial charge on any atom is -0.340 e. The van der Waals surface area contributed by atoms with E-state index in [0.717, 1.165) is 23.2 Å². The molecule has 0 N–H and O–H groups in total. The molecule has 0 aromatic heterocycles. The molecule has 2 aliphatic carbocycles. The number of hydrogen-bond donors (Lipinski definition) is 0. The molecule has 1 aromatic carbocycles. The zero-order valence-corrected chi connectivity index (χ0v) is 16.6. The predicted octanol–water partition coefficient (Wildman–Crippen LogP) is 4.08. The van der Waals surface area contributed by atoms with E-state index in [4.69, 9.17) is 0 Å². The Morgan fingerprint density at radius 3 is 2.48 bits per heavy atom. The topological polar surface area (TPSA) is 40.6 Å². The van der Waals surface area contributed by atoms with Crippen LogP contribution in [0.3, 0.4) is 0 Å². The van der Waals surface area contributed by atoms with Crippen molar-refractivity contribution in [2.45, 2.75) is 69.7 Å². The number of likely N-dealkylation sites (tertiary alicyclic amines) is 1. The average molecular weight is 369 g/mol. The number of Topliss-reactive ketones (excluding diaryl/α,β-unsaturated/α-hetero) is 1. The van der Waals surface area contributed by atoms with Gasteiger partial charge in [-0.1, -0.05) is 37.8 Å². The lowest BCUT2D eigenvalue weighted by Gasteiger charge is -2.50. The molecule has 0 unspecified atom stereocenters. The van der Waals surface area contributed by atoms with Crippen molar-refractivity contribution in [1.82, 2.24) is 9.80 Å². The number of carbonyl (C=O) groups excluding carboxylic acids is 2. The fourth-order valence-electron chi connectivity index (χ4n) is 5.56. The number of benzene rings is 1. The minimum absolute atomic E-state index is 0.0866. The third-order valence-corrected chi connectivity index (χ3v) is 7.00. The largest absolute Gasteiger partial charge is 0.340 e. The maximum Gasteiger partial charge on any atom is 0.253 e. The first-order chi connectivity index (χ1) is 13.1. The van der Waals surface area contributed by atoms with Crippen molar-refractivity contribution in [1.29, 1.82) is 0 Å². The molecule has 0 radical (unpaired) electrons. The molecule has 0 spiro atoms. The fourth-order valence-corrected chi connectivity index (χ4v) is 5.56. The van der Waals surface area contributed by atoms with Crippen LogP contribution in [0, 0.1) is 0 Å². The first kappa shape index (κ1) is 18.7. The van der Waals surface area contributed by atoms with E-state index >= 15 is 0 Å². The van der Waals surface area contributed by atoms with E-state index in [2.05, 4.69) is 4.90 Å². The van der Waals surface area contributed by atoms with Crippen molar-refractivity contribution in [2.24, 2.45) is 0 Å². The van der Waals surface area contributed by atoms with E-state index in [1.54, 1.807) is 0 Å². The normalized spacial score (nSPS) is 22.5. The lowest BCUT2D eigenvalue weighted by molar-refractivity contribution is 0.00987. The Hall–Kier alpha value is -1.68. The average Bonchev–Trinajstić information content (AvgIpc) is 3.10. The molecule has 2 fully saturated rings. The molecule has 3 aliphatic rings. The van der Waals surface area contributed by atoms with Gasteiger partial charge in [-0.15, -0.1) is 0 Å². The van der Waals surface area contributed by atoms with Crippen LogP contribution in [0.4, 0.5) is 0 Å². The van der Waals surface area contributed by atoms with Crippen molar-refractivity contribution in [2.75, 3.05) is 26.7 Å². The summed E-state index contributed by atoms with van der Waals surface area (Å²) in [7, 11) is 1.96. The van der Waals surface area contributed by atoms with Crippen LogP contribution in [-0.4, -0.2) is 53.7 Å².